The number of carbonyl (C=O) groups is 4. The van der Waals surface area contributed by atoms with E-state index in [1.807, 2.05) is 67.8 Å². The monoisotopic (exact) mass is 760 g/mol. The Labute approximate surface area is 286 Å². The molecule has 0 atom stereocenters. The van der Waals surface area contributed by atoms with Crippen LogP contribution in [0.3, 0.4) is 0 Å². The zero-order valence-corrected chi connectivity index (χ0v) is 26.9. The molecule has 0 unspecified atom stereocenters. The van der Waals surface area contributed by atoms with Gasteiger partial charge in [-0.2, -0.15) is 49.7 Å². The Balaban J connectivity index is 0.000000525. The van der Waals surface area contributed by atoms with E-state index >= 15 is 0 Å². The molecule has 1 amide bonds. The van der Waals surface area contributed by atoms with Crippen LogP contribution in [0.15, 0.2) is 61.2 Å². The number of halogens is 9. The average Bonchev–Trinajstić information content (AvgIpc) is 3.73. The van der Waals surface area contributed by atoms with E-state index in [1.165, 1.54) is 0 Å². The van der Waals surface area contributed by atoms with E-state index in [2.05, 4.69) is 20.2 Å². The Bertz CT molecular complexity index is 1720. The van der Waals surface area contributed by atoms with Crippen molar-refractivity contribution < 1.29 is 78.7 Å². The Morgan fingerprint density at radius 1 is 0.808 bits per heavy atom. The maximum atomic E-state index is 13.5. The van der Waals surface area contributed by atoms with Crippen LogP contribution in [0.1, 0.15) is 15.9 Å². The molecule has 0 aliphatic heterocycles. The zero-order chi connectivity index (χ0) is 40.0. The number of fused-ring (bicyclic) bond motifs is 1. The molecular weight excluding hydrogens is 731 g/mol. The van der Waals surface area contributed by atoms with Crippen LogP contribution in [0, 0.1) is 0 Å². The number of methoxy groups -OCH3 is 1. The molecular formula is C29H29F9N6O8. The molecule has 4 rings (SSSR count). The molecule has 0 radical (unpaired) electrons. The number of carboxylic acid groups (broad SMARTS) is 3. The molecule has 0 fully saturated rings. The van der Waals surface area contributed by atoms with Crippen molar-refractivity contribution in [3.8, 4) is 16.9 Å². The van der Waals surface area contributed by atoms with Crippen molar-refractivity contribution in [1.82, 2.24) is 29.6 Å². The molecule has 286 valence electrons. The molecule has 3 aromatic heterocycles. The fourth-order valence-electron chi connectivity index (χ4n) is 3.46. The van der Waals surface area contributed by atoms with Crippen molar-refractivity contribution in [2.75, 3.05) is 34.3 Å². The van der Waals surface area contributed by atoms with Gasteiger partial charge in [0.05, 0.1) is 30.6 Å². The van der Waals surface area contributed by atoms with Crippen LogP contribution >= 0.6 is 0 Å². The summed E-state index contributed by atoms with van der Waals surface area (Å²) in [6.45, 7) is 1.86. The summed E-state index contributed by atoms with van der Waals surface area (Å²) in [5, 5.41) is 32.6. The van der Waals surface area contributed by atoms with Crippen LogP contribution in [-0.4, -0.2) is 122 Å². The van der Waals surface area contributed by atoms with Crippen molar-refractivity contribution in [2.24, 2.45) is 0 Å². The number of carboxylic acids is 3. The number of hydrogen-bond acceptors (Lipinski definition) is 8. The first-order chi connectivity index (χ1) is 23.9. The van der Waals surface area contributed by atoms with Gasteiger partial charge in [0.15, 0.2) is 0 Å². The van der Waals surface area contributed by atoms with Crippen molar-refractivity contribution in [2.45, 2.75) is 25.1 Å². The predicted molar refractivity (Wildman–Crippen MR) is 160 cm³/mol. The van der Waals surface area contributed by atoms with E-state index in [9.17, 15) is 44.3 Å². The first kappa shape index (κ1) is 44.2. The Morgan fingerprint density at radius 3 is 1.79 bits per heavy atom. The summed E-state index contributed by atoms with van der Waals surface area (Å²) >= 11 is 0. The molecule has 0 saturated heterocycles. The van der Waals surface area contributed by atoms with E-state index < -0.39 is 36.4 Å². The first-order valence-electron chi connectivity index (χ1n) is 13.8. The summed E-state index contributed by atoms with van der Waals surface area (Å²) < 4.78 is 102. The van der Waals surface area contributed by atoms with Crippen LogP contribution in [0.25, 0.3) is 16.6 Å². The first-order valence-corrected chi connectivity index (χ1v) is 13.8. The number of aliphatic carboxylic acids is 3. The topological polar surface area (TPSA) is 191 Å². The van der Waals surface area contributed by atoms with E-state index in [-0.39, 0.29) is 5.91 Å². The van der Waals surface area contributed by atoms with Gasteiger partial charge in [0, 0.05) is 43.2 Å². The minimum atomic E-state index is -5.08. The molecule has 4 aromatic rings. The van der Waals surface area contributed by atoms with Gasteiger partial charge in [-0.25, -0.2) is 18.9 Å². The Hall–Kier alpha value is -5.87. The van der Waals surface area contributed by atoms with Gasteiger partial charge in [0.2, 0.25) is 0 Å². The fourth-order valence-corrected chi connectivity index (χ4v) is 3.46. The number of pyridine rings is 1. The highest BCUT2D eigenvalue weighted by Crippen LogP contribution is 2.22. The largest absolute Gasteiger partial charge is 0.497 e. The number of ether oxygens (including phenoxy) is 1. The van der Waals surface area contributed by atoms with Crippen LogP contribution in [0.2, 0.25) is 0 Å². The number of nitrogens with zero attached hydrogens (tertiary/aromatic N) is 5. The second-order valence-electron chi connectivity index (χ2n) is 10.1. The number of aromatic nitrogens is 4. The minimum Gasteiger partial charge on any atom is -0.497 e. The Morgan fingerprint density at radius 2 is 1.35 bits per heavy atom. The van der Waals surface area contributed by atoms with E-state index in [4.69, 9.17) is 34.4 Å². The maximum Gasteiger partial charge on any atom is 0.490 e. The lowest BCUT2D eigenvalue weighted by Gasteiger charge is -2.24. The number of alkyl halides is 9. The molecule has 14 nitrogen and oxygen atoms in total. The summed E-state index contributed by atoms with van der Waals surface area (Å²) in [5.74, 6) is -7.54. The van der Waals surface area contributed by atoms with Gasteiger partial charge in [0.1, 0.15) is 5.75 Å². The molecule has 0 spiro atoms. The molecule has 1 aromatic carbocycles. The average molecular weight is 761 g/mol. The third kappa shape index (κ3) is 14.9. The standard InChI is InChI=1S/C23H26N6O2.3C2HF3O2/c1-27(2)9-10-28(15-17-5-4-6-20(11-17)31-3)23(30)21-14-26-29-16-18(7-8-22(21)29)19-12-24-25-13-19;3*3-2(4,5)1(6)7/h4-8,11-14,16H,9-10,15H2,1-3H3,(H,24,25);3*(H,6,7). The fraction of sp³-hybridized carbons (Fsp3) is 0.310. The number of benzene rings is 1. The molecule has 0 saturated carbocycles. The highest BCUT2D eigenvalue weighted by Gasteiger charge is 2.39. The number of hydrogen-bond donors (Lipinski definition) is 4. The number of carbonyl (C=O) groups excluding carboxylic acids is 1. The number of nitrogens with one attached hydrogen (secondary N) is 1. The molecule has 0 bridgehead atoms. The SMILES string of the molecule is COc1cccc(CN(CCN(C)C)C(=O)c2cnn3cc(-c4cn[nH]c4)ccc23)c1.O=C(O)C(F)(F)F.O=C(O)C(F)(F)F.O=C(O)C(F)(F)F. The molecule has 23 heteroatoms. The molecule has 3 heterocycles. The summed E-state index contributed by atoms with van der Waals surface area (Å²) in [6.07, 6.45) is -8.12. The van der Waals surface area contributed by atoms with Gasteiger partial charge in [-0.15, -0.1) is 0 Å². The van der Waals surface area contributed by atoms with E-state index in [1.54, 1.807) is 24.0 Å². The van der Waals surface area contributed by atoms with Crippen molar-refractivity contribution >= 4 is 29.3 Å². The number of aromatic amines is 1. The second-order valence-corrected chi connectivity index (χ2v) is 10.1. The summed E-state index contributed by atoms with van der Waals surface area (Å²) in [4.78, 5) is 44.1. The smallest absolute Gasteiger partial charge is 0.490 e. The van der Waals surface area contributed by atoms with Crippen LogP contribution in [0.5, 0.6) is 5.75 Å². The molecule has 0 aliphatic rings. The number of likely N-dealkylation sites (N-methyl/N-ethyl adjacent to an activating group) is 1. The van der Waals surface area contributed by atoms with Gasteiger partial charge in [0.25, 0.3) is 5.91 Å². The van der Waals surface area contributed by atoms with Crippen molar-refractivity contribution in [1.29, 1.82) is 0 Å². The second kappa shape index (κ2) is 18.9. The molecule has 4 N–H and O–H groups in total. The third-order valence-electron chi connectivity index (χ3n) is 5.92. The van der Waals surface area contributed by atoms with Gasteiger partial charge < -0.3 is 29.9 Å². The van der Waals surface area contributed by atoms with Gasteiger partial charge >= 0.3 is 36.4 Å². The lowest BCUT2D eigenvalue weighted by Crippen LogP contribution is -2.36. The highest BCUT2D eigenvalue weighted by atomic mass is 19.4. The number of H-pyrrole nitrogens is 1. The minimum absolute atomic E-state index is 0.0456. The Kier molecular flexibility index (Phi) is 16.1. The van der Waals surface area contributed by atoms with Crippen LogP contribution in [0.4, 0.5) is 39.5 Å². The highest BCUT2D eigenvalue weighted by molar-refractivity contribution is 6.00. The number of rotatable bonds is 8. The summed E-state index contributed by atoms with van der Waals surface area (Å²) in [7, 11) is 5.65. The zero-order valence-electron chi connectivity index (χ0n) is 26.9. The van der Waals surface area contributed by atoms with Crippen molar-refractivity contribution in [3.63, 3.8) is 0 Å². The summed E-state index contributed by atoms with van der Waals surface area (Å²) in [5.41, 5.74) is 4.32. The molecule has 52 heavy (non-hydrogen) atoms. The van der Waals surface area contributed by atoms with Gasteiger partial charge in [-0.3, -0.25) is 9.89 Å². The van der Waals surface area contributed by atoms with Gasteiger partial charge in [-0.05, 0) is 37.9 Å². The summed E-state index contributed by atoms with van der Waals surface area (Å²) in [6, 6.07) is 11.7. The third-order valence-corrected chi connectivity index (χ3v) is 5.92. The van der Waals surface area contributed by atoms with E-state index in [0.717, 1.165) is 34.5 Å². The lowest BCUT2D eigenvalue weighted by molar-refractivity contribution is -0.193. The van der Waals surface area contributed by atoms with E-state index in [0.29, 0.717) is 18.7 Å². The van der Waals surface area contributed by atoms with Crippen molar-refractivity contribution in [3.05, 3.63) is 72.3 Å². The quantitative estimate of drug-likeness (QED) is 0.180. The lowest BCUT2D eigenvalue weighted by atomic mass is 10.1. The predicted octanol–water partition coefficient (Wildman–Crippen LogP) is 4.84. The molecule has 0 aliphatic carbocycles. The normalized spacial score (nSPS) is 11.2. The number of amides is 1. The maximum absolute atomic E-state index is 13.5. The van der Waals surface area contributed by atoms with Gasteiger partial charge in [-0.1, -0.05) is 18.2 Å². The van der Waals surface area contributed by atoms with Crippen LogP contribution in [-0.2, 0) is 20.9 Å². The van der Waals surface area contributed by atoms with Crippen LogP contribution < -0.4 is 4.74 Å².